The maximum absolute atomic E-state index is 11.7. The molecule has 0 N–H and O–H groups in total. The largest absolute Gasteiger partial charge is 0.365 e. The van der Waals surface area contributed by atoms with E-state index in [2.05, 4.69) is 54.7 Å². The van der Waals surface area contributed by atoms with Gasteiger partial charge in [-0.2, -0.15) is 0 Å². The zero-order valence-electron chi connectivity index (χ0n) is 13.9. The molecule has 27 heavy (non-hydrogen) atoms. The lowest BCUT2D eigenvalue weighted by Crippen LogP contribution is -3.50. The molecule has 0 amide bonds. The number of nitrogens with zero attached hydrogens (tertiary/aromatic N) is 2. The van der Waals surface area contributed by atoms with Crippen LogP contribution < -0.4 is 31.2 Å². The van der Waals surface area contributed by atoms with Crippen LogP contribution in [0.15, 0.2) is 68.7 Å². The van der Waals surface area contributed by atoms with E-state index in [0.29, 0.717) is 10.4 Å². The number of aryl methyl sites for hydroxylation is 1. The Balaban J connectivity index is 0.000000156. The van der Waals surface area contributed by atoms with E-state index in [9.17, 15) is 4.79 Å². The van der Waals surface area contributed by atoms with Crippen LogP contribution in [0, 0.1) is 0 Å². The number of pyridine rings is 2. The van der Waals surface area contributed by atoms with Gasteiger partial charge in [-0.05, 0) is 62.2 Å². The first-order chi connectivity index (χ1) is 12.8. The van der Waals surface area contributed by atoms with Crippen molar-refractivity contribution in [2.45, 2.75) is 0 Å². The summed E-state index contributed by atoms with van der Waals surface area (Å²) >= 11 is 21.1. The van der Waals surface area contributed by atoms with Crippen molar-refractivity contribution in [3.8, 4) is 0 Å². The van der Waals surface area contributed by atoms with E-state index in [0.717, 1.165) is 30.1 Å². The third-order valence-corrected chi connectivity index (χ3v) is 7.15. The van der Waals surface area contributed by atoms with Crippen molar-refractivity contribution in [3.05, 3.63) is 84.3 Å². The molecule has 0 aliphatic carbocycles. The summed E-state index contributed by atoms with van der Waals surface area (Å²) in [6.45, 7) is 0. The summed E-state index contributed by atoms with van der Waals surface area (Å²) in [5, 5.41) is 5.00. The van der Waals surface area contributed by atoms with Gasteiger partial charge in [0, 0.05) is 49.8 Å². The van der Waals surface area contributed by atoms with Crippen molar-refractivity contribution in [1.82, 2.24) is 4.57 Å². The van der Waals surface area contributed by atoms with Crippen LogP contribution in [0.1, 0.15) is 0 Å². The standard InChI is InChI=1S/C10H7BrClNO.C9H5BrClIN/c1-13-5-4-6-7(10(13)14)2-3-8(11)9(6)12;10-8-2-1-6-5-13(12)4-3-7(6)9(8)11/h2-5H,1H3;1-5H. The molecule has 0 atom stereocenters. The van der Waals surface area contributed by atoms with Crippen LogP contribution in [0.2, 0.25) is 10.0 Å². The zero-order chi connectivity index (χ0) is 19.7. The molecule has 3 nitrogen and oxygen atoms in total. The van der Waals surface area contributed by atoms with Crippen molar-refractivity contribution < 1.29 is 25.6 Å². The number of hydrogen-bond donors (Lipinski definition) is 0. The molecule has 2 heterocycles. The summed E-state index contributed by atoms with van der Waals surface area (Å²) in [5.41, 5.74) is -0.0306. The highest BCUT2D eigenvalue weighted by molar-refractivity contribution is 9.10. The maximum atomic E-state index is 11.7. The van der Waals surface area contributed by atoms with Gasteiger partial charge in [-0.15, -0.1) is 0 Å². The third-order valence-electron chi connectivity index (χ3n) is 3.96. The van der Waals surface area contributed by atoms with Crippen molar-refractivity contribution in [2.75, 3.05) is 0 Å². The Morgan fingerprint density at radius 3 is 2.26 bits per heavy atom. The van der Waals surface area contributed by atoms with Crippen molar-refractivity contribution in [1.29, 1.82) is 0 Å². The van der Waals surface area contributed by atoms with Gasteiger partial charge in [-0.1, -0.05) is 23.2 Å². The quantitative estimate of drug-likeness (QED) is 0.272. The van der Waals surface area contributed by atoms with Gasteiger partial charge in [0.05, 0.1) is 10.0 Å². The van der Waals surface area contributed by atoms with Gasteiger partial charge in [-0.25, -0.2) is 0 Å². The minimum atomic E-state index is -0.0306. The van der Waals surface area contributed by atoms with Crippen LogP contribution >= 0.6 is 55.1 Å². The topological polar surface area (TPSA) is 25.9 Å². The highest BCUT2D eigenvalue weighted by Crippen LogP contribution is 2.30. The minimum absolute atomic E-state index is 0.0306. The van der Waals surface area contributed by atoms with E-state index in [1.165, 1.54) is 4.57 Å². The van der Waals surface area contributed by atoms with Gasteiger partial charge in [0.25, 0.3) is 5.56 Å². The van der Waals surface area contributed by atoms with E-state index in [4.69, 9.17) is 23.2 Å². The molecule has 8 heteroatoms. The van der Waals surface area contributed by atoms with Gasteiger partial charge in [0.2, 0.25) is 0 Å². The smallest absolute Gasteiger partial charge is 0.258 e. The summed E-state index contributed by atoms with van der Waals surface area (Å²) in [6, 6.07) is 11.4. The maximum Gasteiger partial charge on any atom is 0.258 e. The Morgan fingerprint density at radius 2 is 1.56 bits per heavy atom. The summed E-state index contributed by atoms with van der Waals surface area (Å²) in [5.74, 6) is 0. The van der Waals surface area contributed by atoms with Gasteiger partial charge in [0.15, 0.2) is 6.20 Å². The molecule has 0 aliphatic heterocycles. The number of aromatic nitrogens is 2. The van der Waals surface area contributed by atoms with E-state index < -0.39 is 0 Å². The molecule has 4 aromatic rings. The number of hydrogen-bond acceptors (Lipinski definition) is 1. The molecule has 2 aromatic heterocycles. The normalized spacial score (nSPS) is 10.7. The van der Waals surface area contributed by atoms with Gasteiger partial charge in [0.1, 0.15) is 6.20 Å². The lowest BCUT2D eigenvalue weighted by Gasteiger charge is -2.03. The Bertz CT molecular complexity index is 1230. The van der Waals surface area contributed by atoms with E-state index in [1.807, 2.05) is 39.4 Å². The average molecular weight is 642 g/mol. The van der Waals surface area contributed by atoms with E-state index >= 15 is 0 Å². The molecule has 1 radical (unpaired) electrons. The fourth-order valence-corrected chi connectivity index (χ4v) is 4.16. The second-order valence-corrected chi connectivity index (χ2v) is 9.29. The number of benzene rings is 2. The molecule has 0 spiro atoms. The fraction of sp³-hybridized carbons (Fsp3) is 0.0526. The van der Waals surface area contributed by atoms with Crippen LogP contribution in [0.5, 0.6) is 0 Å². The predicted molar refractivity (Wildman–Crippen MR) is 114 cm³/mol. The summed E-state index contributed by atoms with van der Waals surface area (Å²) in [6.07, 6.45) is 5.72. The second kappa shape index (κ2) is 8.78. The SMILES string of the molecule is Clc1c(Br)ccc2c[n+]([I-])ccc12.Cn1ccc2c(Cl)c(Br)ccc2c1=O. The number of rotatable bonds is 0. The summed E-state index contributed by atoms with van der Waals surface area (Å²) < 4.78 is 5.25. The molecule has 0 saturated heterocycles. The van der Waals surface area contributed by atoms with Crippen molar-refractivity contribution in [3.63, 3.8) is 0 Å². The minimum Gasteiger partial charge on any atom is -0.365 e. The van der Waals surface area contributed by atoms with Crippen molar-refractivity contribution >= 4 is 76.6 Å². The molecular weight excluding hydrogens is 630 g/mol. The van der Waals surface area contributed by atoms with Crippen LogP contribution in [0.4, 0.5) is 0 Å². The second-order valence-electron chi connectivity index (χ2n) is 5.71. The van der Waals surface area contributed by atoms with Crippen LogP contribution in [0.3, 0.4) is 0 Å². The first-order valence-corrected chi connectivity index (χ1v) is 11.0. The molecule has 139 valence electrons. The Kier molecular flexibility index (Phi) is 6.84. The van der Waals surface area contributed by atoms with E-state index in [-0.39, 0.29) is 5.56 Å². The molecule has 0 fully saturated rings. The highest BCUT2D eigenvalue weighted by atomic mass is 127. The Hall–Kier alpha value is -0.670. The van der Waals surface area contributed by atoms with Gasteiger partial charge >= 0.3 is 0 Å². The molecule has 2 aromatic carbocycles. The fourth-order valence-electron chi connectivity index (χ4n) is 2.54. The number of fused-ring (bicyclic) bond motifs is 2. The third kappa shape index (κ3) is 4.50. The Labute approximate surface area is 196 Å². The molecule has 0 bridgehead atoms. The van der Waals surface area contributed by atoms with Gasteiger partial charge < -0.3 is 30.2 Å². The first-order valence-electron chi connectivity index (χ1n) is 7.68. The van der Waals surface area contributed by atoms with Crippen LogP contribution in [-0.2, 0) is 7.05 Å². The lowest BCUT2D eigenvalue weighted by molar-refractivity contribution is -1.16. The van der Waals surface area contributed by atoms with Crippen LogP contribution in [-0.4, -0.2) is 4.57 Å². The molecule has 0 aliphatic rings. The molecular formula is C19H12Br2Cl2IN2O. The predicted octanol–water partition coefficient (Wildman–Crippen LogP) is 2.81. The van der Waals surface area contributed by atoms with Gasteiger partial charge in [-0.3, -0.25) is 4.79 Å². The highest BCUT2D eigenvalue weighted by Gasteiger charge is 2.06. The summed E-state index contributed by atoms with van der Waals surface area (Å²) in [4.78, 5) is 11.7. The molecule has 0 unspecified atom stereocenters. The number of halogens is 5. The first kappa shape index (κ1) is 21.0. The van der Waals surface area contributed by atoms with Crippen molar-refractivity contribution in [2.24, 2.45) is 7.05 Å². The Morgan fingerprint density at radius 1 is 0.926 bits per heavy atom. The summed E-state index contributed by atoms with van der Waals surface area (Å²) in [7, 11) is 1.72. The average Bonchev–Trinajstić information content (AvgIpc) is 2.65. The van der Waals surface area contributed by atoms with Crippen LogP contribution in [0.25, 0.3) is 21.5 Å². The molecule has 4 rings (SSSR count). The zero-order valence-corrected chi connectivity index (χ0v) is 20.7. The monoisotopic (exact) mass is 639 g/mol. The molecule has 0 saturated carbocycles. The lowest BCUT2D eigenvalue weighted by atomic mass is 10.2. The van der Waals surface area contributed by atoms with E-state index in [1.54, 1.807) is 25.4 Å².